The molecule has 1 fully saturated rings. The van der Waals surface area contributed by atoms with Gasteiger partial charge in [0.05, 0.1) is 5.41 Å². The molecule has 0 heterocycles. The smallest absolute Gasteiger partial charge is 0.315 e. The highest BCUT2D eigenvalue weighted by molar-refractivity contribution is 7.84. The quantitative estimate of drug-likeness (QED) is 0.671. The third kappa shape index (κ3) is 4.81. The maximum atomic E-state index is 11.6. The monoisotopic (exact) mass is 290 g/mol. The van der Waals surface area contributed by atoms with Gasteiger partial charge in [0.1, 0.15) is 0 Å². The molecule has 1 saturated carbocycles. The Morgan fingerprint density at radius 1 is 1.37 bits per heavy atom. The normalized spacial score (nSPS) is 20.5. The van der Waals surface area contributed by atoms with E-state index in [2.05, 4.69) is 10.6 Å². The van der Waals surface area contributed by atoms with Gasteiger partial charge in [-0.25, -0.2) is 4.79 Å². The van der Waals surface area contributed by atoms with E-state index < -0.39 is 28.2 Å². The van der Waals surface area contributed by atoms with E-state index in [9.17, 15) is 18.9 Å². The van der Waals surface area contributed by atoms with E-state index in [4.69, 9.17) is 0 Å². The van der Waals surface area contributed by atoms with Crippen LogP contribution in [0.1, 0.15) is 32.6 Å². The van der Waals surface area contributed by atoms with E-state index in [1.54, 1.807) is 13.2 Å². The van der Waals surface area contributed by atoms with E-state index in [0.29, 0.717) is 18.6 Å². The van der Waals surface area contributed by atoms with Crippen LogP contribution in [0, 0.1) is 5.41 Å². The molecule has 6 nitrogen and oxygen atoms in total. The number of urea groups is 1. The molecule has 0 aromatic carbocycles. The molecule has 2 atom stereocenters. The predicted octanol–water partition coefficient (Wildman–Crippen LogP) is 0.698. The number of carbonyl (C=O) groups is 2. The zero-order valence-electron chi connectivity index (χ0n) is 11.4. The third-order valence-electron chi connectivity index (χ3n) is 3.46. The zero-order valence-corrected chi connectivity index (χ0v) is 12.2. The minimum absolute atomic E-state index is 0.149. The third-order valence-corrected chi connectivity index (χ3v) is 4.43. The second-order valence-electron chi connectivity index (χ2n) is 5.26. The van der Waals surface area contributed by atoms with Gasteiger partial charge in [0.2, 0.25) is 0 Å². The van der Waals surface area contributed by atoms with Crippen molar-refractivity contribution in [2.24, 2.45) is 5.41 Å². The second kappa shape index (κ2) is 6.88. The molecule has 0 bridgehead atoms. The lowest BCUT2D eigenvalue weighted by Crippen LogP contribution is -2.48. The van der Waals surface area contributed by atoms with Crippen molar-refractivity contribution in [3.63, 3.8) is 0 Å². The molecule has 0 spiro atoms. The molecule has 1 rings (SSSR count). The fourth-order valence-electron chi connectivity index (χ4n) is 2.44. The van der Waals surface area contributed by atoms with Crippen molar-refractivity contribution < 1.29 is 18.9 Å². The van der Waals surface area contributed by atoms with Crippen LogP contribution in [0.25, 0.3) is 0 Å². The lowest BCUT2D eigenvalue weighted by atomic mass is 9.86. The number of hydrogen-bond acceptors (Lipinski definition) is 3. The number of hydrogen-bond donors (Lipinski definition) is 3. The summed E-state index contributed by atoms with van der Waals surface area (Å²) in [6.45, 7) is 1.92. The summed E-state index contributed by atoms with van der Waals surface area (Å²) < 4.78 is 11.0. The first-order valence-corrected chi connectivity index (χ1v) is 8.16. The van der Waals surface area contributed by atoms with E-state index >= 15 is 0 Å². The average Bonchev–Trinajstić information content (AvgIpc) is 2.74. The van der Waals surface area contributed by atoms with Gasteiger partial charge in [-0.3, -0.25) is 9.00 Å². The second-order valence-corrected chi connectivity index (χ2v) is 6.74. The fourth-order valence-corrected chi connectivity index (χ4v) is 3.22. The Hall–Kier alpha value is -1.11. The summed E-state index contributed by atoms with van der Waals surface area (Å²) in [4.78, 5) is 22.9. The van der Waals surface area contributed by atoms with Gasteiger partial charge in [0, 0.05) is 35.4 Å². The first-order chi connectivity index (χ1) is 8.85. The van der Waals surface area contributed by atoms with Crippen LogP contribution in [-0.4, -0.2) is 45.9 Å². The molecule has 0 radical (unpaired) electrons. The van der Waals surface area contributed by atoms with Crippen LogP contribution in [0.2, 0.25) is 0 Å². The van der Waals surface area contributed by atoms with Gasteiger partial charge < -0.3 is 15.7 Å². The van der Waals surface area contributed by atoms with Crippen LogP contribution in [0.15, 0.2) is 0 Å². The van der Waals surface area contributed by atoms with Gasteiger partial charge in [-0.15, -0.1) is 0 Å². The number of carboxylic acids is 1. The highest BCUT2D eigenvalue weighted by Gasteiger charge is 2.41. The van der Waals surface area contributed by atoms with Crippen molar-refractivity contribution in [1.82, 2.24) is 10.6 Å². The van der Waals surface area contributed by atoms with Crippen molar-refractivity contribution in [3.8, 4) is 0 Å². The van der Waals surface area contributed by atoms with E-state index in [-0.39, 0.29) is 12.6 Å². The van der Waals surface area contributed by atoms with Gasteiger partial charge in [-0.1, -0.05) is 12.8 Å². The highest BCUT2D eigenvalue weighted by atomic mass is 32.2. The maximum absolute atomic E-state index is 11.6. The highest BCUT2D eigenvalue weighted by Crippen LogP contribution is 2.37. The maximum Gasteiger partial charge on any atom is 0.315 e. The Balaban J connectivity index is 2.40. The standard InChI is InChI=1S/C12H22N2O4S/c1-9(7-19(2)18)14-11(17)13-8-12(10(15)16)5-3-4-6-12/h9H,3-8H2,1-2H3,(H,15,16)(H2,13,14,17). The van der Waals surface area contributed by atoms with Gasteiger partial charge in [0.15, 0.2) is 0 Å². The first-order valence-electron chi connectivity index (χ1n) is 6.43. The summed E-state index contributed by atoms with van der Waals surface area (Å²) >= 11 is 0. The summed E-state index contributed by atoms with van der Waals surface area (Å²) in [7, 11) is -0.970. The Bertz CT molecular complexity index is 367. The minimum atomic E-state index is -0.970. The summed E-state index contributed by atoms with van der Waals surface area (Å²) in [5.74, 6) is -0.453. The molecule has 1 aliphatic rings. The molecule has 2 amide bonds. The molecule has 1 aliphatic carbocycles. The summed E-state index contributed by atoms with van der Waals surface area (Å²) in [6.07, 6.45) is 4.57. The topological polar surface area (TPSA) is 95.5 Å². The van der Waals surface area contributed by atoms with Gasteiger partial charge in [0.25, 0.3) is 0 Å². The largest absolute Gasteiger partial charge is 0.481 e. The van der Waals surface area contributed by atoms with Crippen molar-refractivity contribution in [2.75, 3.05) is 18.6 Å². The summed E-state index contributed by atoms with van der Waals surface area (Å²) in [6, 6.07) is -0.597. The van der Waals surface area contributed by atoms with Gasteiger partial charge in [-0.05, 0) is 19.8 Å². The predicted molar refractivity (Wildman–Crippen MR) is 73.5 cm³/mol. The van der Waals surface area contributed by atoms with Crippen LogP contribution in [0.3, 0.4) is 0 Å². The molecule has 0 saturated heterocycles. The molecule has 7 heteroatoms. The average molecular weight is 290 g/mol. The van der Waals surface area contributed by atoms with E-state index in [1.165, 1.54) is 0 Å². The zero-order chi connectivity index (χ0) is 14.5. The molecule has 0 aromatic rings. The Morgan fingerprint density at radius 3 is 2.42 bits per heavy atom. The number of amides is 2. The van der Waals surface area contributed by atoms with E-state index in [0.717, 1.165) is 12.8 Å². The van der Waals surface area contributed by atoms with Crippen LogP contribution >= 0.6 is 0 Å². The Labute approximate surface area is 115 Å². The number of rotatable bonds is 6. The van der Waals surface area contributed by atoms with Crippen molar-refractivity contribution in [2.45, 2.75) is 38.6 Å². The molecular formula is C12H22N2O4S. The molecule has 110 valence electrons. The Morgan fingerprint density at radius 2 is 1.95 bits per heavy atom. The molecule has 19 heavy (non-hydrogen) atoms. The number of carbonyl (C=O) groups excluding carboxylic acids is 1. The number of nitrogens with one attached hydrogen (secondary N) is 2. The van der Waals surface area contributed by atoms with Crippen LogP contribution in [-0.2, 0) is 15.6 Å². The number of aliphatic carboxylic acids is 1. The van der Waals surface area contributed by atoms with Crippen molar-refractivity contribution >= 4 is 22.8 Å². The number of carboxylic acid groups (broad SMARTS) is 1. The molecule has 3 N–H and O–H groups in total. The first kappa shape index (κ1) is 15.9. The van der Waals surface area contributed by atoms with Crippen LogP contribution in [0.4, 0.5) is 4.79 Å². The molecule has 0 aliphatic heterocycles. The van der Waals surface area contributed by atoms with Gasteiger partial charge in [-0.2, -0.15) is 0 Å². The minimum Gasteiger partial charge on any atom is -0.481 e. The van der Waals surface area contributed by atoms with Gasteiger partial charge >= 0.3 is 12.0 Å². The summed E-state index contributed by atoms with van der Waals surface area (Å²) in [5.41, 5.74) is -0.811. The molecule has 2 unspecified atom stereocenters. The molecule has 0 aromatic heterocycles. The van der Waals surface area contributed by atoms with E-state index in [1.807, 2.05) is 0 Å². The van der Waals surface area contributed by atoms with Crippen LogP contribution < -0.4 is 10.6 Å². The molecular weight excluding hydrogens is 268 g/mol. The lowest BCUT2D eigenvalue weighted by molar-refractivity contribution is -0.148. The SMILES string of the molecule is CC(CS(C)=O)NC(=O)NCC1(C(=O)O)CCCC1. The van der Waals surface area contributed by atoms with Crippen LogP contribution in [0.5, 0.6) is 0 Å². The lowest BCUT2D eigenvalue weighted by Gasteiger charge is -2.24. The van der Waals surface area contributed by atoms with Crippen molar-refractivity contribution in [3.05, 3.63) is 0 Å². The fraction of sp³-hybridized carbons (Fsp3) is 0.833. The Kier molecular flexibility index (Phi) is 5.78. The summed E-state index contributed by atoms with van der Waals surface area (Å²) in [5, 5.41) is 14.5. The van der Waals surface area contributed by atoms with Crippen molar-refractivity contribution in [1.29, 1.82) is 0 Å².